The fourth-order valence-electron chi connectivity index (χ4n) is 5.90. The van der Waals surface area contributed by atoms with E-state index in [0.29, 0.717) is 26.4 Å². The molecule has 0 radical (unpaired) electrons. The van der Waals surface area contributed by atoms with E-state index in [9.17, 15) is 9.13 Å². The van der Waals surface area contributed by atoms with Gasteiger partial charge in [0, 0.05) is 5.41 Å². The molecule has 0 fully saturated rings. The summed E-state index contributed by atoms with van der Waals surface area (Å²) in [6.07, 6.45) is 6.98. The van der Waals surface area contributed by atoms with Gasteiger partial charge < -0.3 is 18.1 Å². The maximum atomic E-state index is 13.4. The molecule has 0 spiro atoms. The molecule has 0 unspecified atom stereocenters. The minimum atomic E-state index is -3.23. The summed E-state index contributed by atoms with van der Waals surface area (Å²) in [6.45, 7) is 13.2. The number of hydrogen-bond donors (Lipinski definition) is 0. The van der Waals surface area contributed by atoms with Crippen molar-refractivity contribution in [1.82, 2.24) is 0 Å². The number of fused-ring (bicyclic) bond motifs is 3. The van der Waals surface area contributed by atoms with E-state index in [4.69, 9.17) is 18.1 Å². The lowest BCUT2D eigenvalue weighted by atomic mass is 9.70. The van der Waals surface area contributed by atoms with Gasteiger partial charge in [-0.05, 0) is 73.9 Å². The Morgan fingerprint density at radius 1 is 0.590 bits per heavy atom. The lowest BCUT2D eigenvalue weighted by molar-refractivity contribution is 0.218. The van der Waals surface area contributed by atoms with E-state index in [1.165, 1.54) is 22.3 Å². The van der Waals surface area contributed by atoms with Crippen LogP contribution in [0.4, 0.5) is 0 Å². The van der Waals surface area contributed by atoms with Crippen LogP contribution in [0.5, 0.6) is 0 Å². The molecule has 0 atom stereocenters. The summed E-state index contributed by atoms with van der Waals surface area (Å²) in [5.74, 6) is 0. The van der Waals surface area contributed by atoms with Crippen LogP contribution in [0.15, 0.2) is 36.4 Å². The zero-order valence-electron chi connectivity index (χ0n) is 24.8. The highest BCUT2D eigenvalue weighted by molar-refractivity contribution is 7.53. The first-order valence-electron chi connectivity index (χ1n) is 14.8. The number of unbranched alkanes of at least 4 members (excludes halogenated alkanes) is 2. The van der Waals surface area contributed by atoms with Gasteiger partial charge in [0.15, 0.2) is 0 Å². The van der Waals surface area contributed by atoms with Crippen LogP contribution in [0, 0.1) is 0 Å². The monoisotopic (exact) mass is 578 g/mol. The highest BCUT2D eigenvalue weighted by Crippen LogP contribution is 2.58. The first-order chi connectivity index (χ1) is 18.7. The second-order valence-corrected chi connectivity index (χ2v) is 14.4. The Labute approximate surface area is 236 Å². The Morgan fingerprint density at radius 2 is 0.949 bits per heavy atom. The fraction of sp³-hybridized carbons (Fsp3) is 0.613. The molecule has 0 heterocycles. The van der Waals surface area contributed by atoms with Crippen molar-refractivity contribution < 1.29 is 27.2 Å². The first kappa shape index (κ1) is 32.3. The van der Waals surface area contributed by atoms with E-state index >= 15 is 0 Å². The van der Waals surface area contributed by atoms with Crippen LogP contribution in [-0.2, 0) is 45.0 Å². The third-order valence-electron chi connectivity index (χ3n) is 7.46. The minimum absolute atomic E-state index is 0.162. The predicted octanol–water partition coefficient (Wildman–Crippen LogP) is 9.87. The summed E-state index contributed by atoms with van der Waals surface area (Å²) in [5, 5.41) is 0. The molecule has 0 saturated heterocycles. The van der Waals surface area contributed by atoms with E-state index < -0.39 is 15.2 Å². The van der Waals surface area contributed by atoms with Crippen LogP contribution in [0.2, 0.25) is 0 Å². The lowest BCUT2D eigenvalue weighted by Gasteiger charge is -2.33. The molecule has 0 N–H and O–H groups in total. The molecule has 0 amide bonds. The molecule has 3 rings (SSSR count). The van der Waals surface area contributed by atoms with Crippen LogP contribution < -0.4 is 0 Å². The quantitative estimate of drug-likeness (QED) is 0.164. The summed E-state index contributed by atoms with van der Waals surface area (Å²) in [6, 6.07) is 13.0. The second kappa shape index (κ2) is 14.6. The third-order valence-corrected chi connectivity index (χ3v) is 11.6. The van der Waals surface area contributed by atoms with Crippen molar-refractivity contribution in [2.24, 2.45) is 0 Å². The second-order valence-electron chi connectivity index (χ2n) is 10.3. The molecule has 8 heteroatoms. The van der Waals surface area contributed by atoms with Crippen molar-refractivity contribution in [3.63, 3.8) is 0 Å². The van der Waals surface area contributed by atoms with Gasteiger partial charge in [-0.2, -0.15) is 0 Å². The molecule has 1 aliphatic rings. The molecule has 218 valence electrons. The highest BCUT2D eigenvalue weighted by atomic mass is 31.2. The Kier molecular flexibility index (Phi) is 12.1. The van der Waals surface area contributed by atoms with Crippen molar-refractivity contribution in [3.05, 3.63) is 58.7 Å². The Hall–Kier alpha value is -1.26. The highest BCUT2D eigenvalue weighted by Gasteiger charge is 2.43. The summed E-state index contributed by atoms with van der Waals surface area (Å²) < 4.78 is 49.3. The predicted molar refractivity (Wildman–Crippen MR) is 161 cm³/mol. The molecule has 6 nitrogen and oxygen atoms in total. The van der Waals surface area contributed by atoms with Crippen LogP contribution in [-0.4, -0.2) is 26.4 Å². The Morgan fingerprint density at radius 3 is 1.26 bits per heavy atom. The van der Waals surface area contributed by atoms with Crippen molar-refractivity contribution in [1.29, 1.82) is 0 Å². The molecule has 0 saturated carbocycles. The SMILES string of the molecule is CCCCC1(CCCC)c2cc(CP(=O)(OCC)OCC)ccc2-c2ccc(CP(=O)(OCC)OCC)cc21. The van der Waals surface area contributed by atoms with Gasteiger partial charge in [-0.25, -0.2) is 0 Å². The number of benzene rings is 2. The van der Waals surface area contributed by atoms with Crippen LogP contribution in [0.1, 0.15) is 102 Å². The maximum Gasteiger partial charge on any atom is 0.335 e. The van der Waals surface area contributed by atoms with Crippen LogP contribution >= 0.6 is 15.2 Å². The summed E-state index contributed by atoms with van der Waals surface area (Å²) in [7, 11) is -6.46. The molecular weight excluding hydrogens is 530 g/mol. The summed E-state index contributed by atoms with van der Waals surface area (Å²) in [4.78, 5) is 0. The van der Waals surface area contributed by atoms with Crippen molar-refractivity contribution in [3.8, 4) is 11.1 Å². The molecule has 1 aliphatic carbocycles. The van der Waals surface area contributed by atoms with Crippen molar-refractivity contribution in [2.75, 3.05) is 26.4 Å². The molecule has 39 heavy (non-hydrogen) atoms. The zero-order chi connectivity index (χ0) is 28.5. The van der Waals surface area contributed by atoms with Gasteiger partial charge in [0.1, 0.15) is 0 Å². The average Bonchev–Trinajstić information content (AvgIpc) is 3.15. The normalized spacial score (nSPS) is 14.4. The topological polar surface area (TPSA) is 71.1 Å². The van der Waals surface area contributed by atoms with Gasteiger partial charge >= 0.3 is 15.2 Å². The smallest absolute Gasteiger partial charge is 0.309 e. The largest absolute Gasteiger partial charge is 0.335 e. The van der Waals surface area contributed by atoms with Crippen molar-refractivity contribution in [2.45, 2.75) is 97.8 Å². The summed E-state index contributed by atoms with van der Waals surface area (Å²) in [5.41, 5.74) is 6.84. The molecular formula is C31H48O6P2. The Balaban J connectivity index is 2.13. The van der Waals surface area contributed by atoms with Gasteiger partial charge in [-0.15, -0.1) is 0 Å². The van der Waals surface area contributed by atoms with Crippen LogP contribution in [0.3, 0.4) is 0 Å². The van der Waals surface area contributed by atoms with E-state index in [0.717, 1.165) is 49.7 Å². The van der Waals surface area contributed by atoms with Gasteiger partial charge in [0.2, 0.25) is 0 Å². The minimum Gasteiger partial charge on any atom is -0.309 e. The summed E-state index contributed by atoms with van der Waals surface area (Å²) >= 11 is 0. The fourth-order valence-corrected chi connectivity index (χ4v) is 9.27. The van der Waals surface area contributed by atoms with E-state index in [-0.39, 0.29) is 17.7 Å². The zero-order valence-corrected chi connectivity index (χ0v) is 26.6. The first-order valence-corrected chi connectivity index (χ1v) is 18.2. The lowest BCUT2D eigenvalue weighted by Crippen LogP contribution is -2.26. The Bertz CT molecular complexity index is 1070. The molecule has 0 aromatic heterocycles. The molecule has 2 aromatic rings. The van der Waals surface area contributed by atoms with Gasteiger partial charge in [0.25, 0.3) is 0 Å². The van der Waals surface area contributed by atoms with Crippen LogP contribution in [0.25, 0.3) is 11.1 Å². The van der Waals surface area contributed by atoms with E-state index in [2.05, 4.69) is 50.2 Å². The van der Waals surface area contributed by atoms with Gasteiger partial charge in [-0.3, -0.25) is 9.13 Å². The third kappa shape index (κ3) is 7.53. The number of rotatable bonds is 18. The molecule has 0 bridgehead atoms. The van der Waals surface area contributed by atoms with E-state index in [1.54, 1.807) is 0 Å². The standard InChI is InChI=1S/C31H48O6P2/c1-7-13-19-31(20-14-8-2)29-21-25(23-38(32,34-9-3)35-10-4)15-17-27(29)28-18-16-26(22-30(28)31)24-39(33,36-11-5)37-12-6/h15-18,21-22H,7-14,19-20,23-24H2,1-6H3. The van der Waals surface area contributed by atoms with Crippen molar-refractivity contribution >= 4 is 15.2 Å². The number of hydrogen-bond acceptors (Lipinski definition) is 6. The molecule has 0 aliphatic heterocycles. The van der Waals surface area contributed by atoms with E-state index in [1.807, 2.05) is 27.7 Å². The van der Waals surface area contributed by atoms with Gasteiger partial charge in [0.05, 0.1) is 38.8 Å². The average molecular weight is 579 g/mol. The van der Waals surface area contributed by atoms with Gasteiger partial charge in [-0.1, -0.05) is 75.9 Å². The maximum absolute atomic E-state index is 13.4. The molecule has 2 aromatic carbocycles.